The second-order valence-corrected chi connectivity index (χ2v) is 3.72. The molecule has 0 saturated carbocycles. The number of likely N-dealkylation sites (N-methyl/N-ethyl adjacent to an activating group) is 1. The SMILES string of the molecule is CN=C(N=C(N)N)N(C)CCc1ccccc1.Cl. The third kappa shape index (κ3) is 5.54. The fraction of sp³-hybridized carbons (Fsp3) is 0.333. The van der Waals surface area contributed by atoms with E-state index < -0.39 is 0 Å². The van der Waals surface area contributed by atoms with Crippen LogP contribution in [0.5, 0.6) is 0 Å². The highest BCUT2D eigenvalue weighted by Crippen LogP contribution is 2.01. The molecule has 0 aliphatic rings. The molecule has 100 valence electrons. The van der Waals surface area contributed by atoms with Crippen LogP contribution >= 0.6 is 12.4 Å². The van der Waals surface area contributed by atoms with Gasteiger partial charge in [-0.2, -0.15) is 4.99 Å². The van der Waals surface area contributed by atoms with Crippen LogP contribution in [0.3, 0.4) is 0 Å². The van der Waals surface area contributed by atoms with Crippen LogP contribution in [0, 0.1) is 0 Å². The molecule has 1 rings (SSSR count). The van der Waals surface area contributed by atoms with Gasteiger partial charge in [0.05, 0.1) is 0 Å². The molecule has 5 nitrogen and oxygen atoms in total. The zero-order chi connectivity index (χ0) is 12.7. The van der Waals surface area contributed by atoms with E-state index in [0.717, 1.165) is 13.0 Å². The molecule has 6 heteroatoms. The molecule has 0 atom stereocenters. The van der Waals surface area contributed by atoms with E-state index in [0.29, 0.717) is 5.96 Å². The number of rotatable bonds is 3. The van der Waals surface area contributed by atoms with E-state index in [2.05, 4.69) is 22.1 Å². The van der Waals surface area contributed by atoms with Crippen LogP contribution in [0.2, 0.25) is 0 Å². The third-order valence-electron chi connectivity index (χ3n) is 2.35. The highest BCUT2D eigenvalue weighted by Gasteiger charge is 2.04. The summed E-state index contributed by atoms with van der Waals surface area (Å²) in [6.45, 7) is 0.813. The molecule has 0 spiro atoms. The average molecular weight is 270 g/mol. The van der Waals surface area contributed by atoms with Crippen molar-refractivity contribution in [2.24, 2.45) is 21.5 Å². The number of guanidine groups is 2. The summed E-state index contributed by atoms with van der Waals surface area (Å²) >= 11 is 0. The summed E-state index contributed by atoms with van der Waals surface area (Å²) in [6.07, 6.45) is 0.927. The Kier molecular flexibility index (Phi) is 7.54. The maximum atomic E-state index is 5.33. The lowest BCUT2D eigenvalue weighted by Crippen LogP contribution is -2.32. The van der Waals surface area contributed by atoms with Gasteiger partial charge in [0.15, 0.2) is 5.96 Å². The molecule has 1 aromatic rings. The van der Waals surface area contributed by atoms with Crippen LogP contribution in [0.1, 0.15) is 5.56 Å². The standard InChI is InChI=1S/C12H19N5.ClH/c1-15-12(16-11(13)14)17(2)9-8-10-6-4-3-5-7-10;/h3-7H,8-9H2,1-2H3,(H4,13,14,15,16);1H. The summed E-state index contributed by atoms with van der Waals surface area (Å²) in [6, 6.07) is 10.3. The summed E-state index contributed by atoms with van der Waals surface area (Å²) in [5.41, 5.74) is 11.9. The minimum atomic E-state index is 0. The highest BCUT2D eigenvalue weighted by atomic mass is 35.5. The second kappa shape index (κ2) is 8.36. The van der Waals surface area contributed by atoms with Crippen LogP contribution in [0.25, 0.3) is 0 Å². The van der Waals surface area contributed by atoms with Crippen LogP contribution in [-0.4, -0.2) is 37.5 Å². The number of benzene rings is 1. The van der Waals surface area contributed by atoms with Crippen molar-refractivity contribution in [1.82, 2.24) is 4.90 Å². The Balaban J connectivity index is 0.00000289. The predicted octanol–water partition coefficient (Wildman–Crippen LogP) is 0.842. The predicted molar refractivity (Wildman–Crippen MR) is 79.2 cm³/mol. The molecule has 0 radical (unpaired) electrons. The minimum absolute atomic E-state index is 0. The van der Waals surface area contributed by atoms with Crippen LogP contribution in [0.4, 0.5) is 0 Å². The fourth-order valence-electron chi connectivity index (χ4n) is 1.46. The van der Waals surface area contributed by atoms with Crippen molar-refractivity contribution < 1.29 is 0 Å². The summed E-state index contributed by atoms with van der Waals surface area (Å²) in [5.74, 6) is 0.568. The molecule has 0 bridgehead atoms. The van der Waals surface area contributed by atoms with Gasteiger partial charge >= 0.3 is 0 Å². The van der Waals surface area contributed by atoms with Crippen LogP contribution in [0.15, 0.2) is 40.3 Å². The molecule has 1 aromatic carbocycles. The Morgan fingerprint density at radius 2 is 1.83 bits per heavy atom. The van der Waals surface area contributed by atoms with Crippen molar-refractivity contribution in [1.29, 1.82) is 0 Å². The van der Waals surface area contributed by atoms with E-state index >= 15 is 0 Å². The first-order chi connectivity index (χ1) is 8.13. The van der Waals surface area contributed by atoms with Crippen LogP contribution in [-0.2, 0) is 6.42 Å². The molecular formula is C12H20ClN5. The summed E-state index contributed by atoms with van der Waals surface area (Å²) in [4.78, 5) is 9.91. The van der Waals surface area contributed by atoms with Gasteiger partial charge in [-0.25, -0.2) is 0 Å². The maximum Gasteiger partial charge on any atom is 0.223 e. The minimum Gasteiger partial charge on any atom is -0.370 e. The van der Waals surface area contributed by atoms with Gasteiger partial charge in [-0.15, -0.1) is 12.4 Å². The van der Waals surface area contributed by atoms with E-state index in [9.17, 15) is 0 Å². The lowest BCUT2D eigenvalue weighted by atomic mass is 10.1. The van der Waals surface area contributed by atoms with Gasteiger partial charge in [-0.05, 0) is 12.0 Å². The van der Waals surface area contributed by atoms with Gasteiger partial charge in [0.2, 0.25) is 5.96 Å². The molecular weight excluding hydrogens is 250 g/mol. The second-order valence-electron chi connectivity index (χ2n) is 3.72. The highest BCUT2D eigenvalue weighted by molar-refractivity contribution is 5.93. The average Bonchev–Trinajstić information content (AvgIpc) is 2.34. The van der Waals surface area contributed by atoms with Gasteiger partial charge in [0, 0.05) is 20.6 Å². The molecule has 0 amide bonds. The first kappa shape index (κ1) is 16.2. The fourth-order valence-corrected chi connectivity index (χ4v) is 1.46. The zero-order valence-corrected chi connectivity index (χ0v) is 11.5. The molecule has 0 unspecified atom stereocenters. The lowest BCUT2D eigenvalue weighted by Gasteiger charge is -2.17. The summed E-state index contributed by atoms with van der Waals surface area (Å²) < 4.78 is 0. The molecule has 0 saturated heterocycles. The van der Waals surface area contributed by atoms with E-state index in [4.69, 9.17) is 11.5 Å². The van der Waals surface area contributed by atoms with Gasteiger partial charge in [0.25, 0.3) is 0 Å². The van der Waals surface area contributed by atoms with Gasteiger partial charge in [0.1, 0.15) is 0 Å². The molecule has 0 aliphatic heterocycles. The first-order valence-electron chi connectivity index (χ1n) is 5.45. The van der Waals surface area contributed by atoms with Crippen molar-refractivity contribution in [3.05, 3.63) is 35.9 Å². The van der Waals surface area contributed by atoms with Gasteiger partial charge < -0.3 is 16.4 Å². The van der Waals surface area contributed by atoms with Crippen molar-refractivity contribution >= 4 is 24.3 Å². The topological polar surface area (TPSA) is 80.0 Å². The van der Waals surface area contributed by atoms with Gasteiger partial charge in [-0.3, -0.25) is 4.99 Å². The molecule has 4 N–H and O–H groups in total. The Morgan fingerprint density at radius 1 is 1.22 bits per heavy atom. The van der Waals surface area contributed by atoms with E-state index in [1.54, 1.807) is 7.05 Å². The van der Waals surface area contributed by atoms with Crippen molar-refractivity contribution in [2.75, 3.05) is 20.6 Å². The van der Waals surface area contributed by atoms with E-state index in [1.165, 1.54) is 5.56 Å². The maximum absolute atomic E-state index is 5.33. The number of nitrogens with two attached hydrogens (primary N) is 2. The number of hydrogen-bond acceptors (Lipinski definition) is 1. The zero-order valence-electron chi connectivity index (χ0n) is 10.7. The number of hydrogen-bond donors (Lipinski definition) is 2. The van der Waals surface area contributed by atoms with Gasteiger partial charge in [-0.1, -0.05) is 30.3 Å². The number of aliphatic imine (C=N–C) groups is 2. The molecule has 0 aliphatic carbocycles. The van der Waals surface area contributed by atoms with Crippen molar-refractivity contribution in [2.45, 2.75) is 6.42 Å². The van der Waals surface area contributed by atoms with Crippen molar-refractivity contribution in [3.63, 3.8) is 0 Å². The smallest absolute Gasteiger partial charge is 0.223 e. The Morgan fingerprint density at radius 3 is 2.33 bits per heavy atom. The molecule has 0 fully saturated rings. The normalized spacial score (nSPS) is 10.4. The Labute approximate surface area is 114 Å². The monoisotopic (exact) mass is 269 g/mol. The number of nitrogens with zero attached hydrogens (tertiary/aromatic N) is 3. The first-order valence-corrected chi connectivity index (χ1v) is 5.45. The molecule has 0 aromatic heterocycles. The van der Waals surface area contributed by atoms with E-state index in [-0.39, 0.29) is 18.4 Å². The summed E-state index contributed by atoms with van der Waals surface area (Å²) in [7, 11) is 3.58. The number of halogens is 1. The third-order valence-corrected chi connectivity index (χ3v) is 2.35. The molecule has 18 heavy (non-hydrogen) atoms. The van der Waals surface area contributed by atoms with Crippen molar-refractivity contribution in [3.8, 4) is 0 Å². The lowest BCUT2D eigenvalue weighted by molar-refractivity contribution is 0.502. The molecule has 0 heterocycles. The summed E-state index contributed by atoms with van der Waals surface area (Å²) in [5, 5.41) is 0. The van der Waals surface area contributed by atoms with Crippen LogP contribution < -0.4 is 11.5 Å². The quantitative estimate of drug-likeness (QED) is 0.630. The largest absolute Gasteiger partial charge is 0.370 e. The van der Waals surface area contributed by atoms with E-state index in [1.807, 2.05) is 30.1 Å². The Bertz CT molecular complexity index is 398. The Hall–Kier alpha value is -1.75.